The Morgan fingerprint density at radius 3 is 2.70 bits per heavy atom. The molecule has 0 fully saturated rings. The molecule has 0 bridgehead atoms. The first kappa shape index (κ1) is 17.0. The van der Waals surface area contributed by atoms with Gasteiger partial charge in [0.1, 0.15) is 12.4 Å². The molecule has 120 valence electrons. The van der Waals surface area contributed by atoms with E-state index in [1.165, 1.54) is 5.56 Å². The van der Waals surface area contributed by atoms with Gasteiger partial charge in [0.05, 0.1) is 6.21 Å². The van der Waals surface area contributed by atoms with E-state index in [0.717, 1.165) is 23.4 Å². The van der Waals surface area contributed by atoms with Crippen LogP contribution in [0.25, 0.3) is 0 Å². The number of benzene rings is 2. The van der Waals surface area contributed by atoms with E-state index in [-0.39, 0.29) is 0 Å². The number of hydrazone groups is 1. The molecule has 0 radical (unpaired) electrons. The van der Waals surface area contributed by atoms with Gasteiger partial charge in [-0.25, -0.2) is 0 Å². The normalized spacial score (nSPS) is 10.5. The molecule has 2 aromatic carbocycles. The lowest BCUT2D eigenvalue weighted by Crippen LogP contribution is -2.31. The minimum Gasteiger partial charge on any atom is -0.489 e. The van der Waals surface area contributed by atoms with Crippen LogP contribution in [-0.2, 0) is 6.61 Å². The Balaban J connectivity index is 1.84. The van der Waals surface area contributed by atoms with Crippen LogP contribution >= 0.6 is 12.2 Å². The smallest absolute Gasteiger partial charge is 0.186 e. The molecule has 0 saturated carbocycles. The Bertz CT molecular complexity index is 668. The van der Waals surface area contributed by atoms with Crippen molar-refractivity contribution in [3.63, 3.8) is 0 Å². The molecule has 2 N–H and O–H groups in total. The molecule has 0 aliphatic heterocycles. The maximum absolute atomic E-state index is 5.79. The van der Waals surface area contributed by atoms with Crippen molar-refractivity contribution in [2.24, 2.45) is 5.10 Å². The van der Waals surface area contributed by atoms with Gasteiger partial charge in [-0.15, -0.1) is 0 Å². The van der Waals surface area contributed by atoms with Crippen molar-refractivity contribution in [3.8, 4) is 5.75 Å². The highest BCUT2D eigenvalue weighted by Crippen LogP contribution is 2.14. The second-order valence-corrected chi connectivity index (χ2v) is 5.48. The lowest BCUT2D eigenvalue weighted by molar-refractivity contribution is 0.306. The molecule has 0 atom stereocenters. The molecule has 0 saturated heterocycles. The van der Waals surface area contributed by atoms with Crippen LogP contribution in [0, 0.1) is 6.92 Å². The highest BCUT2D eigenvalue weighted by Gasteiger charge is 1.97. The van der Waals surface area contributed by atoms with Gasteiger partial charge < -0.3 is 10.1 Å². The largest absolute Gasteiger partial charge is 0.489 e. The van der Waals surface area contributed by atoms with Gasteiger partial charge in [0.2, 0.25) is 0 Å². The average Bonchev–Trinajstić information content (AvgIpc) is 2.54. The van der Waals surface area contributed by atoms with Gasteiger partial charge in [0.15, 0.2) is 5.11 Å². The van der Waals surface area contributed by atoms with E-state index in [2.05, 4.69) is 41.0 Å². The van der Waals surface area contributed by atoms with Crippen LogP contribution in [0.5, 0.6) is 5.75 Å². The predicted molar refractivity (Wildman–Crippen MR) is 99.0 cm³/mol. The minimum absolute atomic E-state index is 0.516. The van der Waals surface area contributed by atoms with E-state index in [4.69, 9.17) is 17.0 Å². The second kappa shape index (κ2) is 8.90. The lowest BCUT2D eigenvalue weighted by atomic mass is 10.1. The summed E-state index contributed by atoms with van der Waals surface area (Å²) in [5, 5.41) is 7.55. The van der Waals surface area contributed by atoms with E-state index >= 15 is 0 Å². The zero-order valence-corrected chi connectivity index (χ0v) is 14.2. The van der Waals surface area contributed by atoms with Crippen molar-refractivity contribution in [2.45, 2.75) is 20.5 Å². The van der Waals surface area contributed by atoms with Crippen LogP contribution in [-0.4, -0.2) is 17.9 Å². The molecule has 2 aromatic rings. The van der Waals surface area contributed by atoms with E-state index in [1.54, 1.807) is 6.21 Å². The topological polar surface area (TPSA) is 45.7 Å². The van der Waals surface area contributed by atoms with Crippen molar-refractivity contribution < 1.29 is 4.74 Å². The molecule has 23 heavy (non-hydrogen) atoms. The third-order valence-electron chi connectivity index (χ3n) is 3.09. The van der Waals surface area contributed by atoms with Gasteiger partial charge in [-0.2, -0.15) is 5.10 Å². The van der Waals surface area contributed by atoms with Crippen LogP contribution < -0.4 is 15.5 Å². The summed E-state index contributed by atoms with van der Waals surface area (Å²) in [6.45, 7) is 5.39. The molecule has 0 amide bonds. The summed E-state index contributed by atoms with van der Waals surface area (Å²) in [7, 11) is 0. The van der Waals surface area contributed by atoms with E-state index in [1.807, 2.05) is 37.3 Å². The van der Waals surface area contributed by atoms with Gasteiger partial charge in [0, 0.05) is 6.54 Å². The maximum atomic E-state index is 5.79. The fourth-order valence-corrected chi connectivity index (χ4v) is 2.18. The van der Waals surface area contributed by atoms with Crippen LogP contribution in [0.4, 0.5) is 0 Å². The predicted octanol–water partition coefficient (Wildman–Crippen LogP) is 3.39. The van der Waals surface area contributed by atoms with E-state index in [0.29, 0.717) is 11.7 Å². The lowest BCUT2D eigenvalue weighted by Gasteiger charge is -2.07. The van der Waals surface area contributed by atoms with Crippen LogP contribution in [0.2, 0.25) is 0 Å². The zero-order chi connectivity index (χ0) is 16.5. The van der Waals surface area contributed by atoms with E-state index < -0.39 is 0 Å². The minimum atomic E-state index is 0.516. The summed E-state index contributed by atoms with van der Waals surface area (Å²) in [4.78, 5) is 0. The summed E-state index contributed by atoms with van der Waals surface area (Å²) in [6, 6.07) is 16.1. The third-order valence-corrected chi connectivity index (χ3v) is 3.32. The van der Waals surface area contributed by atoms with Crippen LogP contribution in [0.3, 0.4) is 0 Å². The highest BCUT2D eigenvalue weighted by molar-refractivity contribution is 7.80. The molecule has 5 heteroatoms. The molecule has 0 spiro atoms. The summed E-state index contributed by atoms with van der Waals surface area (Å²) >= 11 is 5.02. The highest BCUT2D eigenvalue weighted by atomic mass is 32.1. The van der Waals surface area contributed by atoms with Crippen molar-refractivity contribution in [3.05, 3.63) is 65.2 Å². The number of nitrogens with one attached hydrogen (secondary N) is 2. The number of aryl methyl sites for hydroxylation is 1. The number of hydrogen-bond acceptors (Lipinski definition) is 3. The van der Waals surface area contributed by atoms with Gasteiger partial charge in [-0.05, 0) is 61.5 Å². The first-order valence-electron chi connectivity index (χ1n) is 7.52. The van der Waals surface area contributed by atoms with E-state index in [9.17, 15) is 0 Å². The van der Waals surface area contributed by atoms with Crippen LogP contribution in [0.1, 0.15) is 23.6 Å². The standard InChI is InChI=1S/C18H21N3OS/c1-3-19-18(23)21-20-12-15-7-9-17(10-8-15)22-13-16-6-4-5-14(2)11-16/h4-12H,3,13H2,1-2H3,(H2,19,21,23). The first-order valence-corrected chi connectivity index (χ1v) is 7.93. The molecular weight excluding hydrogens is 306 g/mol. The van der Waals surface area contributed by atoms with Gasteiger partial charge in [-0.3, -0.25) is 5.43 Å². The monoisotopic (exact) mass is 327 g/mol. The molecule has 0 heterocycles. The molecule has 0 aromatic heterocycles. The maximum Gasteiger partial charge on any atom is 0.186 e. The van der Waals surface area contributed by atoms with Crippen molar-refractivity contribution in [1.29, 1.82) is 0 Å². The summed E-state index contributed by atoms with van der Waals surface area (Å²) in [5.41, 5.74) is 6.13. The Kier molecular flexibility index (Phi) is 6.56. The van der Waals surface area contributed by atoms with Crippen molar-refractivity contribution >= 4 is 23.5 Å². The summed E-state index contributed by atoms with van der Waals surface area (Å²) in [6.07, 6.45) is 1.72. The number of rotatable bonds is 6. The number of nitrogens with zero attached hydrogens (tertiary/aromatic N) is 1. The summed E-state index contributed by atoms with van der Waals surface area (Å²) in [5.74, 6) is 0.833. The second-order valence-electron chi connectivity index (χ2n) is 5.08. The number of thiocarbonyl (C=S) groups is 1. The van der Waals surface area contributed by atoms with Gasteiger partial charge in [0.25, 0.3) is 0 Å². The Morgan fingerprint density at radius 1 is 1.22 bits per heavy atom. The molecule has 2 rings (SSSR count). The quantitative estimate of drug-likeness (QED) is 0.485. The SMILES string of the molecule is CCNC(=S)NN=Cc1ccc(OCc2cccc(C)c2)cc1. The molecule has 4 nitrogen and oxygen atoms in total. The first-order chi connectivity index (χ1) is 11.2. The van der Waals surface area contributed by atoms with Crippen molar-refractivity contribution in [1.82, 2.24) is 10.7 Å². The molecular formula is C18H21N3OS. The average molecular weight is 327 g/mol. The fraction of sp³-hybridized carbons (Fsp3) is 0.222. The molecule has 0 aliphatic rings. The zero-order valence-electron chi connectivity index (χ0n) is 13.4. The Labute approximate surface area is 142 Å². The Hall–Kier alpha value is -2.40. The number of hydrogen-bond donors (Lipinski definition) is 2. The molecule has 0 unspecified atom stereocenters. The third kappa shape index (κ3) is 6.08. The van der Waals surface area contributed by atoms with Gasteiger partial charge >= 0.3 is 0 Å². The fourth-order valence-electron chi connectivity index (χ4n) is 1.98. The summed E-state index contributed by atoms with van der Waals surface area (Å²) < 4.78 is 5.79. The number of ether oxygens (including phenoxy) is 1. The Morgan fingerprint density at radius 2 is 2.00 bits per heavy atom. The van der Waals surface area contributed by atoms with Crippen LogP contribution in [0.15, 0.2) is 53.6 Å². The van der Waals surface area contributed by atoms with Gasteiger partial charge in [-0.1, -0.05) is 29.8 Å². The van der Waals surface area contributed by atoms with Crippen molar-refractivity contribution in [2.75, 3.05) is 6.54 Å². The molecule has 0 aliphatic carbocycles.